The first-order valence-corrected chi connectivity index (χ1v) is 11.0. The molecule has 2 aromatic carbocycles. The molecule has 1 N–H and O–H groups in total. The Hall–Kier alpha value is -3.78. The molecule has 33 heavy (non-hydrogen) atoms. The van der Waals surface area contributed by atoms with Crippen LogP contribution in [0.4, 0.5) is 5.82 Å². The van der Waals surface area contributed by atoms with E-state index in [0.717, 1.165) is 54.8 Å². The summed E-state index contributed by atoms with van der Waals surface area (Å²) in [5.41, 5.74) is 3.98. The second-order valence-electron chi connectivity index (χ2n) is 8.16. The number of hydrogen-bond donors (Lipinski definition) is 1. The van der Waals surface area contributed by atoms with Crippen molar-refractivity contribution in [3.05, 3.63) is 71.2 Å². The normalized spacial score (nSPS) is 13.6. The molecule has 0 fully saturated rings. The van der Waals surface area contributed by atoms with Crippen molar-refractivity contribution in [3.8, 4) is 11.4 Å². The number of methoxy groups -OCH3 is 1. The minimum atomic E-state index is -0.297. The highest BCUT2D eigenvalue weighted by Crippen LogP contribution is 2.27. The van der Waals surface area contributed by atoms with E-state index >= 15 is 0 Å². The van der Waals surface area contributed by atoms with Crippen molar-refractivity contribution < 1.29 is 14.1 Å². The number of carbonyl (C=O) groups is 1. The van der Waals surface area contributed by atoms with Crippen molar-refractivity contribution in [2.24, 2.45) is 0 Å². The van der Waals surface area contributed by atoms with Crippen molar-refractivity contribution in [3.63, 3.8) is 0 Å². The molecule has 5 rings (SSSR count). The Bertz CT molecular complexity index is 1320. The zero-order valence-corrected chi connectivity index (χ0v) is 18.7. The van der Waals surface area contributed by atoms with Crippen LogP contribution < -0.4 is 5.32 Å². The van der Waals surface area contributed by atoms with Crippen LogP contribution >= 0.6 is 0 Å². The molecule has 0 saturated carbocycles. The Labute approximate surface area is 191 Å². The Morgan fingerprint density at radius 2 is 2.09 bits per heavy atom. The van der Waals surface area contributed by atoms with Crippen LogP contribution in [0.2, 0.25) is 0 Å². The van der Waals surface area contributed by atoms with E-state index in [1.165, 1.54) is 18.2 Å². The standard InChI is InChI=1S/C25H25N5O3/c1-16-28-23(29-33-16)19-5-4-18-7-9-26-24(22(18)14-19)27-10-12-30-11-8-17-3-6-20(25(31)32-2)13-21(17)15-30/h3-7,9,13-14H,8,10-12,15H2,1-2H3,(H,26,27). The maximum absolute atomic E-state index is 11.9. The van der Waals surface area contributed by atoms with E-state index in [0.29, 0.717) is 17.3 Å². The summed E-state index contributed by atoms with van der Waals surface area (Å²) in [6.07, 6.45) is 2.78. The summed E-state index contributed by atoms with van der Waals surface area (Å²) >= 11 is 0. The fourth-order valence-electron chi connectivity index (χ4n) is 4.25. The first kappa shape index (κ1) is 21.1. The van der Waals surface area contributed by atoms with Gasteiger partial charge in [-0.1, -0.05) is 23.4 Å². The molecule has 3 heterocycles. The first-order valence-electron chi connectivity index (χ1n) is 11.0. The van der Waals surface area contributed by atoms with Crippen LogP contribution in [0, 0.1) is 6.92 Å². The molecule has 0 aliphatic carbocycles. The van der Waals surface area contributed by atoms with Crippen LogP contribution in [0.15, 0.2) is 53.2 Å². The Kier molecular flexibility index (Phi) is 5.75. The Morgan fingerprint density at radius 3 is 2.91 bits per heavy atom. The second-order valence-corrected chi connectivity index (χ2v) is 8.16. The van der Waals surface area contributed by atoms with Gasteiger partial charge in [0.15, 0.2) is 0 Å². The highest BCUT2D eigenvalue weighted by molar-refractivity contribution is 5.94. The lowest BCUT2D eigenvalue weighted by atomic mass is 9.97. The van der Waals surface area contributed by atoms with Crippen LogP contribution in [0.5, 0.6) is 0 Å². The number of carbonyl (C=O) groups excluding carboxylic acids is 1. The van der Waals surface area contributed by atoms with E-state index in [4.69, 9.17) is 9.26 Å². The van der Waals surface area contributed by atoms with Gasteiger partial charge in [0.25, 0.3) is 0 Å². The fourth-order valence-corrected chi connectivity index (χ4v) is 4.25. The SMILES string of the molecule is COC(=O)c1ccc2c(c1)CN(CCNc1nccc3ccc(-c4noc(C)n4)cc13)CC2. The lowest BCUT2D eigenvalue weighted by molar-refractivity contribution is 0.0600. The van der Waals surface area contributed by atoms with Crippen molar-refractivity contribution in [2.75, 3.05) is 32.1 Å². The van der Waals surface area contributed by atoms with E-state index < -0.39 is 0 Å². The fraction of sp³-hybridized carbons (Fsp3) is 0.280. The van der Waals surface area contributed by atoms with Crippen molar-refractivity contribution in [2.45, 2.75) is 19.9 Å². The summed E-state index contributed by atoms with van der Waals surface area (Å²) in [7, 11) is 1.41. The Morgan fingerprint density at radius 1 is 1.18 bits per heavy atom. The van der Waals surface area contributed by atoms with Gasteiger partial charge in [0.05, 0.1) is 12.7 Å². The monoisotopic (exact) mass is 443 g/mol. The molecular formula is C25H25N5O3. The van der Waals surface area contributed by atoms with E-state index in [1.54, 1.807) is 6.92 Å². The van der Waals surface area contributed by atoms with Crippen molar-refractivity contribution in [1.29, 1.82) is 0 Å². The van der Waals surface area contributed by atoms with E-state index in [2.05, 4.69) is 25.3 Å². The van der Waals surface area contributed by atoms with Gasteiger partial charge >= 0.3 is 5.97 Å². The maximum atomic E-state index is 11.9. The average molecular weight is 444 g/mol. The number of anilines is 1. The minimum absolute atomic E-state index is 0.297. The molecule has 1 aliphatic heterocycles. The highest BCUT2D eigenvalue weighted by Gasteiger charge is 2.18. The zero-order valence-electron chi connectivity index (χ0n) is 18.7. The largest absolute Gasteiger partial charge is 0.465 e. The molecule has 1 aliphatic rings. The van der Waals surface area contributed by atoms with Gasteiger partial charge in [-0.05, 0) is 47.2 Å². The number of ether oxygens (including phenoxy) is 1. The minimum Gasteiger partial charge on any atom is -0.465 e. The topological polar surface area (TPSA) is 93.4 Å². The molecule has 0 saturated heterocycles. The number of rotatable bonds is 6. The molecule has 168 valence electrons. The smallest absolute Gasteiger partial charge is 0.337 e. The van der Waals surface area contributed by atoms with E-state index in [-0.39, 0.29) is 5.97 Å². The lowest BCUT2D eigenvalue weighted by Crippen LogP contribution is -2.34. The number of benzene rings is 2. The molecule has 0 spiro atoms. The quantitative estimate of drug-likeness (QED) is 0.449. The molecular weight excluding hydrogens is 418 g/mol. The Balaban J connectivity index is 1.27. The molecule has 0 bridgehead atoms. The molecule has 0 unspecified atom stereocenters. The van der Waals surface area contributed by atoms with Crippen LogP contribution in [-0.4, -0.2) is 52.7 Å². The summed E-state index contributed by atoms with van der Waals surface area (Å²) in [6.45, 7) is 5.19. The molecule has 0 amide bonds. The third kappa shape index (κ3) is 4.42. The van der Waals surface area contributed by atoms with Crippen LogP contribution in [0.1, 0.15) is 27.4 Å². The predicted octanol–water partition coefficient (Wildman–Crippen LogP) is 3.85. The van der Waals surface area contributed by atoms with Gasteiger partial charge in [0.2, 0.25) is 11.7 Å². The van der Waals surface area contributed by atoms with Gasteiger partial charge in [-0.25, -0.2) is 9.78 Å². The van der Waals surface area contributed by atoms with Crippen LogP contribution in [-0.2, 0) is 17.7 Å². The summed E-state index contributed by atoms with van der Waals surface area (Å²) in [5.74, 6) is 1.65. The number of fused-ring (bicyclic) bond motifs is 2. The van der Waals surface area contributed by atoms with E-state index in [1.807, 2.05) is 48.7 Å². The number of nitrogens with one attached hydrogen (secondary N) is 1. The molecule has 4 aromatic rings. The molecule has 2 aromatic heterocycles. The van der Waals surface area contributed by atoms with Crippen LogP contribution in [0.25, 0.3) is 22.2 Å². The highest BCUT2D eigenvalue weighted by atomic mass is 16.5. The molecule has 0 radical (unpaired) electrons. The lowest BCUT2D eigenvalue weighted by Gasteiger charge is -2.29. The first-order chi connectivity index (χ1) is 16.1. The number of aromatic nitrogens is 3. The van der Waals surface area contributed by atoms with Gasteiger partial charge in [0.1, 0.15) is 5.82 Å². The maximum Gasteiger partial charge on any atom is 0.337 e. The summed E-state index contributed by atoms with van der Waals surface area (Å²) in [5, 5.41) is 9.63. The number of pyridine rings is 1. The summed E-state index contributed by atoms with van der Waals surface area (Å²) in [6, 6.07) is 13.9. The number of esters is 1. The van der Waals surface area contributed by atoms with Gasteiger partial charge < -0.3 is 14.6 Å². The molecule has 0 atom stereocenters. The average Bonchev–Trinajstić information content (AvgIpc) is 3.29. The van der Waals surface area contributed by atoms with E-state index in [9.17, 15) is 4.79 Å². The summed E-state index contributed by atoms with van der Waals surface area (Å²) in [4.78, 5) is 23.1. The van der Waals surface area contributed by atoms with Gasteiger partial charge in [-0.2, -0.15) is 4.98 Å². The number of hydrogen-bond acceptors (Lipinski definition) is 8. The van der Waals surface area contributed by atoms with Crippen molar-refractivity contribution >= 4 is 22.6 Å². The summed E-state index contributed by atoms with van der Waals surface area (Å²) < 4.78 is 9.98. The number of nitrogens with zero attached hydrogens (tertiary/aromatic N) is 4. The van der Waals surface area contributed by atoms with Crippen molar-refractivity contribution in [1.82, 2.24) is 20.0 Å². The molecule has 8 nitrogen and oxygen atoms in total. The zero-order chi connectivity index (χ0) is 22.8. The third-order valence-electron chi connectivity index (χ3n) is 5.99. The molecule has 8 heteroatoms. The van der Waals surface area contributed by atoms with Gasteiger partial charge in [-0.15, -0.1) is 0 Å². The van der Waals surface area contributed by atoms with Gasteiger partial charge in [0, 0.05) is 50.2 Å². The van der Waals surface area contributed by atoms with Gasteiger partial charge in [-0.3, -0.25) is 4.90 Å². The van der Waals surface area contributed by atoms with Crippen LogP contribution in [0.3, 0.4) is 0 Å². The third-order valence-corrected chi connectivity index (χ3v) is 5.99. The number of aryl methyl sites for hydroxylation is 1. The predicted molar refractivity (Wildman–Crippen MR) is 125 cm³/mol. The second kappa shape index (κ2) is 8.99.